The third-order valence-electron chi connectivity index (χ3n) is 5.39. The van der Waals surface area contributed by atoms with Crippen LogP contribution in [0.1, 0.15) is 30.5 Å². The molecule has 28 heavy (non-hydrogen) atoms. The minimum Gasteiger partial charge on any atom is -0.385 e. The van der Waals surface area contributed by atoms with Crippen LogP contribution in [-0.2, 0) is 13.6 Å². The summed E-state index contributed by atoms with van der Waals surface area (Å²) in [5.74, 6) is -0.357. The Morgan fingerprint density at radius 3 is 2.64 bits per heavy atom. The van der Waals surface area contributed by atoms with E-state index >= 15 is 0 Å². The molecule has 0 aliphatic carbocycles. The highest BCUT2D eigenvalue weighted by molar-refractivity contribution is 5.33. The Labute approximate surface area is 162 Å². The van der Waals surface area contributed by atoms with E-state index in [1.165, 1.54) is 16.8 Å². The molecular formula is C20H23F2N5O. The quantitative estimate of drug-likeness (QED) is 0.731. The molecule has 0 radical (unpaired) electrons. The topological polar surface area (TPSA) is 59.1 Å². The average molecular weight is 387 g/mol. The zero-order valence-electron chi connectivity index (χ0n) is 15.7. The lowest BCUT2D eigenvalue weighted by molar-refractivity contribution is 0.0489. The lowest BCUT2D eigenvalue weighted by Crippen LogP contribution is -2.35. The van der Waals surface area contributed by atoms with E-state index in [0.29, 0.717) is 12.4 Å². The summed E-state index contributed by atoms with van der Waals surface area (Å²) in [5, 5.41) is 15.0. The zero-order chi connectivity index (χ0) is 19.7. The van der Waals surface area contributed by atoms with Gasteiger partial charge in [0.25, 0.3) is 0 Å². The first-order valence-corrected chi connectivity index (χ1v) is 9.39. The molecular weight excluding hydrogens is 364 g/mol. The molecule has 0 spiro atoms. The Morgan fingerprint density at radius 1 is 1.18 bits per heavy atom. The van der Waals surface area contributed by atoms with Crippen LogP contribution in [0.5, 0.6) is 0 Å². The SMILES string of the molecule is Cn1ccnc1[C@@H](O)C1CCN(Cc2ccn(-c3ccc(F)cc3F)n2)CC1. The van der Waals surface area contributed by atoms with E-state index in [0.717, 1.165) is 37.7 Å². The fraction of sp³-hybridized carbons (Fsp3) is 0.400. The van der Waals surface area contributed by atoms with Gasteiger partial charge in [-0.05, 0) is 50.0 Å². The molecule has 1 aliphatic heterocycles. The monoisotopic (exact) mass is 387 g/mol. The summed E-state index contributed by atoms with van der Waals surface area (Å²) in [5.41, 5.74) is 1.05. The normalized spacial score (nSPS) is 17.1. The van der Waals surface area contributed by atoms with E-state index in [4.69, 9.17) is 0 Å². The zero-order valence-corrected chi connectivity index (χ0v) is 15.7. The lowest BCUT2D eigenvalue weighted by Gasteiger charge is -2.33. The van der Waals surface area contributed by atoms with Gasteiger partial charge in [-0.3, -0.25) is 4.90 Å². The molecule has 1 N–H and O–H groups in total. The molecule has 0 bridgehead atoms. The fourth-order valence-electron chi connectivity index (χ4n) is 3.78. The molecule has 6 nitrogen and oxygen atoms in total. The first-order valence-electron chi connectivity index (χ1n) is 9.39. The second kappa shape index (κ2) is 7.81. The molecule has 1 aromatic carbocycles. The van der Waals surface area contributed by atoms with Crippen LogP contribution < -0.4 is 0 Å². The van der Waals surface area contributed by atoms with Crippen molar-refractivity contribution in [3.8, 4) is 5.69 Å². The molecule has 148 valence electrons. The summed E-state index contributed by atoms with van der Waals surface area (Å²) in [4.78, 5) is 6.53. The molecule has 1 saturated heterocycles. The minimum atomic E-state index is -0.640. The maximum absolute atomic E-state index is 13.9. The van der Waals surface area contributed by atoms with Gasteiger partial charge < -0.3 is 9.67 Å². The fourth-order valence-corrected chi connectivity index (χ4v) is 3.78. The van der Waals surface area contributed by atoms with Crippen LogP contribution >= 0.6 is 0 Å². The number of imidazole rings is 1. The first kappa shape index (κ1) is 18.8. The molecule has 0 saturated carbocycles. The number of halogens is 2. The van der Waals surface area contributed by atoms with Gasteiger partial charge in [-0.15, -0.1) is 0 Å². The highest BCUT2D eigenvalue weighted by atomic mass is 19.1. The number of nitrogens with zero attached hydrogens (tertiary/aromatic N) is 5. The summed E-state index contributed by atoms with van der Waals surface area (Å²) in [6.45, 7) is 2.36. The Morgan fingerprint density at radius 2 is 1.96 bits per heavy atom. The maximum Gasteiger partial charge on any atom is 0.151 e. The van der Waals surface area contributed by atoms with Crippen LogP contribution in [0.4, 0.5) is 8.78 Å². The average Bonchev–Trinajstić information content (AvgIpc) is 3.31. The van der Waals surface area contributed by atoms with Crippen LogP contribution in [0.15, 0.2) is 42.9 Å². The molecule has 8 heteroatoms. The highest BCUT2D eigenvalue weighted by Crippen LogP contribution is 2.30. The van der Waals surface area contributed by atoms with Crippen molar-refractivity contribution >= 4 is 0 Å². The van der Waals surface area contributed by atoms with Crippen molar-refractivity contribution in [2.24, 2.45) is 13.0 Å². The Kier molecular flexibility index (Phi) is 5.23. The predicted octanol–water partition coefficient (Wildman–Crippen LogP) is 2.83. The highest BCUT2D eigenvalue weighted by Gasteiger charge is 2.28. The Balaban J connectivity index is 1.35. The van der Waals surface area contributed by atoms with Crippen LogP contribution in [-0.4, -0.2) is 42.4 Å². The Bertz CT molecular complexity index is 946. The number of benzene rings is 1. The predicted molar refractivity (Wildman–Crippen MR) is 99.6 cm³/mol. The summed E-state index contributed by atoms with van der Waals surface area (Å²) >= 11 is 0. The van der Waals surface area contributed by atoms with Crippen molar-refractivity contribution in [1.82, 2.24) is 24.2 Å². The maximum atomic E-state index is 13.9. The summed E-state index contributed by atoms with van der Waals surface area (Å²) in [6.07, 6.45) is 6.43. The first-order chi connectivity index (χ1) is 13.5. The Hall–Kier alpha value is -2.58. The van der Waals surface area contributed by atoms with Crippen molar-refractivity contribution in [1.29, 1.82) is 0 Å². The van der Waals surface area contributed by atoms with Crippen molar-refractivity contribution < 1.29 is 13.9 Å². The molecule has 3 heterocycles. The summed E-state index contributed by atoms with van der Waals surface area (Å²) in [7, 11) is 1.89. The molecule has 0 unspecified atom stereocenters. The van der Waals surface area contributed by atoms with E-state index < -0.39 is 17.7 Å². The van der Waals surface area contributed by atoms with Crippen LogP contribution in [0.3, 0.4) is 0 Å². The summed E-state index contributed by atoms with van der Waals surface area (Å²) in [6, 6.07) is 5.30. The number of aliphatic hydroxyl groups is 1. The van der Waals surface area contributed by atoms with Gasteiger partial charge in [-0.1, -0.05) is 0 Å². The van der Waals surface area contributed by atoms with E-state index in [1.54, 1.807) is 12.4 Å². The van der Waals surface area contributed by atoms with E-state index in [-0.39, 0.29) is 11.6 Å². The smallest absolute Gasteiger partial charge is 0.151 e. The van der Waals surface area contributed by atoms with Gasteiger partial charge in [0, 0.05) is 38.2 Å². The van der Waals surface area contributed by atoms with Crippen LogP contribution in [0.2, 0.25) is 0 Å². The van der Waals surface area contributed by atoms with Crippen molar-refractivity contribution in [2.75, 3.05) is 13.1 Å². The van der Waals surface area contributed by atoms with Crippen LogP contribution in [0.25, 0.3) is 5.69 Å². The van der Waals surface area contributed by atoms with Gasteiger partial charge in [0.1, 0.15) is 23.4 Å². The van der Waals surface area contributed by atoms with Crippen molar-refractivity contribution in [3.05, 3.63) is 66.0 Å². The van der Waals surface area contributed by atoms with Crippen molar-refractivity contribution in [3.63, 3.8) is 0 Å². The second-order valence-electron chi connectivity index (χ2n) is 7.30. The number of rotatable bonds is 5. The van der Waals surface area contributed by atoms with Gasteiger partial charge >= 0.3 is 0 Å². The number of hydrogen-bond donors (Lipinski definition) is 1. The number of hydrogen-bond acceptors (Lipinski definition) is 4. The van der Waals surface area contributed by atoms with Gasteiger partial charge in [0.2, 0.25) is 0 Å². The molecule has 1 fully saturated rings. The largest absolute Gasteiger partial charge is 0.385 e. The van der Waals surface area contributed by atoms with E-state index in [2.05, 4.69) is 15.0 Å². The molecule has 2 aromatic heterocycles. The van der Waals surface area contributed by atoms with Gasteiger partial charge in [-0.2, -0.15) is 5.10 Å². The number of aromatic nitrogens is 4. The second-order valence-corrected chi connectivity index (χ2v) is 7.30. The molecule has 3 aromatic rings. The van der Waals surface area contributed by atoms with Crippen LogP contribution in [0, 0.1) is 17.6 Å². The standard InChI is InChI=1S/C20H23F2N5O/c1-25-11-7-23-20(25)19(28)14-4-8-26(9-5-14)13-16-6-10-27(24-16)18-3-2-15(21)12-17(18)22/h2-3,6-7,10-12,14,19,28H,4-5,8-9,13H2,1H3/t19-/m0/s1. The molecule has 1 aliphatic rings. The van der Waals surface area contributed by atoms with E-state index in [1.807, 2.05) is 23.9 Å². The third-order valence-corrected chi connectivity index (χ3v) is 5.39. The number of aryl methyl sites for hydroxylation is 1. The van der Waals surface area contributed by atoms with Gasteiger partial charge in [0.05, 0.1) is 5.69 Å². The molecule has 1 atom stereocenters. The number of piperidine rings is 1. The van der Waals surface area contributed by atoms with Crippen molar-refractivity contribution in [2.45, 2.75) is 25.5 Å². The minimum absolute atomic E-state index is 0.184. The van der Waals surface area contributed by atoms with Gasteiger partial charge in [-0.25, -0.2) is 18.4 Å². The molecule has 4 rings (SSSR count). The third kappa shape index (κ3) is 3.83. The number of likely N-dealkylation sites (tertiary alicyclic amines) is 1. The lowest BCUT2D eigenvalue weighted by atomic mass is 9.90. The van der Waals surface area contributed by atoms with Gasteiger partial charge in [0.15, 0.2) is 5.82 Å². The van der Waals surface area contributed by atoms with E-state index in [9.17, 15) is 13.9 Å². The molecule has 0 amide bonds. The number of aliphatic hydroxyl groups excluding tert-OH is 1. The summed E-state index contributed by atoms with van der Waals surface area (Å²) < 4.78 is 30.3.